The van der Waals surface area contributed by atoms with E-state index in [1.165, 1.54) is 13.2 Å². The normalized spacial score (nSPS) is 11.7. The van der Waals surface area contributed by atoms with Crippen LogP contribution in [0.2, 0.25) is 0 Å². The molecule has 0 atom stereocenters. The highest BCUT2D eigenvalue weighted by Crippen LogP contribution is 2.24. The van der Waals surface area contributed by atoms with Gasteiger partial charge in [0.2, 0.25) is 5.95 Å². The SMILES string of the molecule is COc1ccc(Cn2nnc3cc(-c4ccnc(NCC(C)(C)CO)n4)ccc32)cc1F. The molecule has 0 bridgehead atoms. The molecule has 0 radical (unpaired) electrons. The summed E-state index contributed by atoms with van der Waals surface area (Å²) in [6, 6.07) is 12.5. The quantitative estimate of drug-likeness (QED) is 0.436. The van der Waals surface area contributed by atoms with Crippen LogP contribution in [0.5, 0.6) is 5.75 Å². The lowest BCUT2D eigenvalue weighted by atomic mass is 9.95. The third-order valence-electron chi connectivity index (χ3n) is 5.17. The number of anilines is 1. The number of nitrogens with zero attached hydrogens (tertiary/aromatic N) is 5. The number of ether oxygens (including phenoxy) is 1. The fraction of sp³-hybridized carbons (Fsp3) is 0.304. The molecule has 0 unspecified atom stereocenters. The Bertz CT molecular complexity index is 1240. The number of nitrogens with one attached hydrogen (secondary N) is 1. The molecule has 0 saturated carbocycles. The summed E-state index contributed by atoms with van der Waals surface area (Å²) in [6.45, 7) is 4.92. The van der Waals surface area contributed by atoms with Crippen molar-refractivity contribution in [1.29, 1.82) is 0 Å². The number of halogens is 1. The van der Waals surface area contributed by atoms with Gasteiger partial charge in [-0.25, -0.2) is 19.0 Å². The van der Waals surface area contributed by atoms with Gasteiger partial charge < -0.3 is 15.2 Å². The van der Waals surface area contributed by atoms with Gasteiger partial charge in [0.05, 0.1) is 24.9 Å². The minimum absolute atomic E-state index is 0.0647. The maximum Gasteiger partial charge on any atom is 0.223 e. The first-order valence-corrected chi connectivity index (χ1v) is 10.2. The molecular formula is C23H25FN6O2. The zero-order valence-electron chi connectivity index (χ0n) is 18.2. The highest BCUT2D eigenvalue weighted by atomic mass is 19.1. The molecule has 9 heteroatoms. The van der Waals surface area contributed by atoms with Crippen molar-refractivity contribution < 1.29 is 14.2 Å². The van der Waals surface area contributed by atoms with Gasteiger partial charge in [0.15, 0.2) is 11.6 Å². The molecule has 32 heavy (non-hydrogen) atoms. The van der Waals surface area contributed by atoms with Crippen LogP contribution in [0.3, 0.4) is 0 Å². The van der Waals surface area contributed by atoms with Crippen LogP contribution in [0.15, 0.2) is 48.7 Å². The zero-order chi connectivity index (χ0) is 22.7. The van der Waals surface area contributed by atoms with Crippen molar-refractivity contribution in [2.45, 2.75) is 20.4 Å². The van der Waals surface area contributed by atoms with E-state index in [0.29, 0.717) is 24.6 Å². The molecule has 4 aromatic rings. The van der Waals surface area contributed by atoms with Gasteiger partial charge in [0.1, 0.15) is 5.52 Å². The summed E-state index contributed by atoms with van der Waals surface area (Å²) >= 11 is 0. The summed E-state index contributed by atoms with van der Waals surface area (Å²) in [5, 5.41) is 21.1. The van der Waals surface area contributed by atoms with E-state index in [1.807, 2.05) is 38.1 Å². The van der Waals surface area contributed by atoms with E-state index in [4.69, 9.17) is 4.74 Å². The topological polar surface area (TPSA) is 98.0 Å². The second-order valence-corrected chi connectivity index (χ2v) is 8.36. The first kappa shape index (κ1) is 21.6. The number of hydrogen-bond acceptors (Lipinski definition) is 7. The Kier molecular flexibility index (Phi) is 6.00. The Balaban J connectivity index is 1.55. The Morgan fingerprint density at radius 3 is 2.75 bits per heavy atom. The van der Waals surface area contributed by atoms with Crippen molar-refractivity contribution in [2.24, 2.45) is 5.41 Å². The summed E-state index contributed by atoms with van der Waals surface area (Å²) in [4.78, 5) is 8.83. The first-order valence-electron chi connectivity index (χ1n) is 10.2. The maximum atomic E-state index is 14.0. The standard InChI is InChI=1S/C23H25FN6O2/c1-23(2,14-31)13-26-22-25-9-8-18(27-22)16-5-6-20-19(11-16)28-29-30(20)12-15-4-7-21(32-3)17(24)10-15/h4-11,31H,12-14H2,1-3H3,(H,25,26,27). The van der Waals surface area contributed by atoms with Crippen LogP contribution in [0.1, 0.15) is 19.4 Å². The predicted molar refractivity (Wildman–Crippen MR) is 120 cm³/mol. The van der Waals surface area contributed by atoms with Crippen molar-refractivity contribution in [3.8, 4) is 17.0 Å². The number of fused-ring (bicyclic) bond motifs is 1. The van der Waals surface area contributed by atoms with Gasteiger partial charge in [-0.3, -0.25) is 0 Å². The summed E-state index contributed by atoms with van der Waals surface area (Å²) in [7, 11) is 1.44. The fourth-order valence-electron chi connectivity index (χ4n) is 3.21. The van der Waals surface area contributed by atoms with Crippen molar-refractivity contribution in [2.75, 3.05) is 25.6 Å². The third-order valence-corrected chi connectivity index (χ3v) is 5.17. The van der Waals surface area contributed by atoms with Crippen LogP contribution >= 0.6 is 0 Å². The molecule has 0 aliphatic carbocycles. The molecule has 0 saturated heterocycles. The summed E-state index contributed by atoms with van der Waals surface area (Å²) in [6.07, 6.45) is 1.69. The van der Waals surface area contributed by atoms with E-state index < -0.39 is 5.82 Å². The molecule has 0 aliphatic heterocycles. The molecule has 8 nitrogen and oxygen atoms in total. The molecule has 0 fully saturated rings. The minimum atomic E-state index is -0.410. The van der Waals surface area contributed by atoms with E-state index in [1.54, 1.807) is 23.0 Å². The van der Waals surface area contributed by atoms with Gasteiger partial charge in [0, 0.05) is 30.3 Å². The first-order chi connectivity index (χ1) is 15.4. The highest BCUT2D eigenvalue weighted by Gasteiger charge is 2.17. The molecule has 166 valence electrons. The molecule has 4 rings (SSSR count). The van der Waals surface area contributed by atoms with Crippen molar-refractivity contribution in [3.63, 3.8) is 0 Å². The molecule has 2 heterocycles. The number of methoxy groups -OCH3 is 1. The minimum Gasteiger partial charge on any atom is -0.494 e. The van der Waals surface area contributed by atoms with Gasteiger partial charge in [-0.15, -0.1) is 5.10 Å². The van der Waals surface area contributed by atoms with Gasteiger partial charge in [-0.05, 0) is 35.9 Å². The maximum absolute atomic E-state index is 14.0. The predicted octanol–water partition coefficient (Wildman–Crippen LogP) is 3.51. The van der Waals surface area contributed by atoms with Crippen molar-refractivity contribution in [3.05, 3.63) is 60.0 Å². The lowest BCUT2D eigenvalue weighted by molar-refractivity contribution is 0.170. The smallest absolute Gasteiger partial charge is 0.223 e. The van der Waals surface area contributed by atoms with Gasteiger partial charge >= 0.3 is 0 Å². The summed E-state index contributed by atoms with van der Waals surface area (Å²) < 4.78 is 20.7. The van der Waals surface area contributed by atoms with Crippen molar-refractivity contribution in [1.82, 2.24) is 25.0 Å². The molecule has 0 aliphatic rings. The van der Waals surface area contributed by atoms with Crippen LogP contribution in [0.25, 0.3) is 22.3 Å². The van der Waals surface area contributed by atoms with Crippen LogP contribution in [0.4, 0.5) is 10.3 Å². The number of aromatic nitrogens is 5. The number of aliphatic hydroxyl groups is 1. The second kappa shape index (κ2) is 8.88. The Morgan fingerprint density at radius 2 is 2.00 bits per heavy atom. The number of hydrogen-bond donors (Lipinski definition) is 2. The number of benzene rings is 2. The average molecular weight is 436 g/mol. The van der Waals surface area contributed by atoms with Crippen molar-refractivity contribution >= 4 is 17.0 Å². The van der Waals surface area contributed by atoms with Gasteiger partial charge in [-0.2, -0.15) is 0 Å². The molecule has 0 spiro atoms. The lowest BCUT2D eigenvalue weighted by Crippen LogP contribution is -2.27. The zero-order valence-corrected chi connectivity index (χ0v) is 18.2. The second-order valence-electron chi connectivity index (χ2n) is 8.36. The van der Waals surface area contributed by atoms with Crippen LogP contribution in [-0.4, -0.2) is 50.3 Å². The van der Waals surface area contributed by atoms with Gasteiger partial charge in [0.25, 0.3) is 0 Å². The third kappa shape index (κ3) is 4.67. The Hall–Kier alpha value is -3.59. The van der Waals surface area contributed by atoms with E-state index in [-0.39, 0.29) is 17.8 Å². The van der Waals surface area contributed by atoms with Crippen LogP contribution < -0.4 is 10.1 Å². The number of rotatable bonds is 8. The van der Waals surface area contributed by atoms with Gasteiger partial charge in [-0.1, -0.05) is 31.2 Å². The van der Waals surface area contributed by atoms with Crippen LogP contribution in [-0.2, 0) is 6.54 Å². The molecule has 2 N–H and O–H groups in total. The molecule has 2 aromatic carbocycles. The molecule has 2 aromatic heterocycles. The van der Waals surface area contributed by atoms with E-state index in [2.05, 4.69) is 25.6 Å². The lowest BCUT2D eigenvalue weighted by Gasteiger charge is -2.21. The summed E-state index contributed by atoms with van der Waals surface area (Å²) in [5.74, 6) is 0.294. The molecular weight excluding hydrogens is 411 g/mol. The summed E-state index contributed by atoms with van der Waals surface area (Å²) in [5.41, 5.74) is 3.67. The Morgan fingerprint density at radius 1 is 1.16 bits per heavy atom. The monoisotopic (exact) mass is 436 g/mol. The molecule has 0 amide bonds. The highest BCUT2D eigenvalue weighted by molar-refractivity contribution is 5.80. The fourth-order valence-corrected chi connectivity index (χ4v) is 3.21. The average Bonchev–Trinajstić information content (AvgIpc) is 3.20. The number of aliphatic hydroxyl groups excluding tert-OH is 1. The largest absolute Gasteiger partial charge is 0.494 e. The van der Waals surface area contributed by atoms with E-state index >= 15 is 0 Å². The van der Waals surface area contributed by atoms with E-state index in [0.717, 1.165) is 22.3 Å². The van der Waals surface area contributed by atoms with E-state index in [9.17, 15) is 9.50 Å². The Labute approximate surface area is 185 Å². The van der Waals surface area contributed by atoms with Crippen LogP contribution in [0, 0.1) is 11.2 Å².